The molecule has 4 rings (SSSR count). The third kappa shape index (κ3) is 3.69. The molecule has 0 saturated carbocycles. The van der Waals surface area contributed by atoms with Gasteiger partial charge in [-0.25, -0.2) is 0 Å². The first-order valence-electron chi connectivity index (χ1n) is 8.92. The van der Waals surface area contributed by atoms with Gasteiger partial charge in [0.2, 0.25) is 0 Å². The summed E-state index contributed by atoms with van der Waals surface area (Å²) in [7, 11) is 0. The van der Waals surface area contributed by atoms with E-state index in [-0.39, 0.29) is 11.6 Å². The maximum absolute atomic E-state index is 6.28. The van der Waals surface area contributed by atoms with Gasteiger partial charge in [0, 0.05) is 17.6 Å². The van der Waals surface area contributed by atoms with Crippen molar-refractivity contribution in [3.8, 4) is 5.75 Å². The van der Waals surface area contributed by atoms with E-state index in [1.54, 1.807) is 0 Å². The van der Waals surface area contributed by atoms with Crippen molar-refractivity contribution < 1.29 is 4.74 Å². The van der Waals surface area contributed by atoms with E-state index in [0.29, 0.717) is 0 Å². The molecule has 0 aliphatic carbocycles. The van der Waals surface area contributed by atoms with Gasteiger partial charge in [0.05, 0.1) is 6.04 Å². The minimum Gasteiger partial charge on any atom is -0.485 e. The van der Waals surface area contributed by atoms with Crippen LogP contribution in [0.25, 0.3) is 0 Å². The van der Waals surface area contributed by atoms with Gasteiger partial charge in [0.25, 0.3) is 0 Å². The van der Waals surface area contributed by atoms with Crippen molar-refractivity contribution in [2.24, 2.45) is 0 Å². The van der Waals surface area contributed by atoms with Crippen LogP contribution in [0.4, 0.5) is 0 Å². The highest BCUT2D eigenvalue weighted by Crippen LogP contribution is 2.38. The predicted molar refractivity (Wildman–Crippen MR) is 109 cm³/mol. The van der Waals surface area contributed by atoms with Crippen LogP contribution in [0.1, 0.15) is 24.1 Å². The molecule has 0 N–H and O–H groups in total. The minimum atomic E-state index is -0.157. The van der Waals surface area contributed by atoms with Crippen molar-refractivity contribution in [1.29, 1.82) is 0 Å². The zero-order valence-electron chi connectivity index (χ0n) is 14.8. The van der Waals surface area contributed by atoms with Crippen molar-refractivity contribution in [3.63, 3.8) is 0 Å². The van der Waals surface area contributed by atoms with Gasteiger partial charge in [0.1, 0.15) is 11.4 Å². The molecule has 132 valence electrons. The second-order valence-corrected chi connectivity index (χ2v) is 8.05. The fourth-order valence-corrected chi connectivity index (χ4v) is 4.00. The van der Waals surface area contributed by atoms with Gasteiger partial charge in [-0.3, -0.25) is 4.90 Å². The second-order valence-electron chi connectivity index (χ2n) is 7.13. The number of hydrogen-bond donors (Lipinski definition) is 0. The second kappa shape index (κ2) is 7.26. The molecule has 26 heavy (non-hydrogen) atoms. The molecule has 1 aliphatic heterocycles. The Morgan fingerprint density at radius 2 is 1.31 bits per heavy atom. The highest BCUT2D eigenvalue weighted by Gasteiger charge is 2.44. The number of nitrogens with zero attached hydrogens (tertiary/aromatic N) is 1. The fourth-order valence-electron chi connectivity index (χ4n) is 3.73. The van der Waals surface area contributed by atoms with E-state index in [9.17, 15) is 0 Å². The lowest BCUT2D eigenvalue weighted by molar-refractivity contribution is -0.0777. The summed E-state index contributed by atoms with van der Waals surface area (Å²) < 4.78 is 7.35. The Bertz CT molecular complexity index is 803. The Kier molecular flexibility index (Phi) is 4.84. The van der Waals surface area contributed by atoms with Gasteiger partial charge in [0.15, 0.2) is 0 Å². The normalized spacial score (nSPS) is 16.3. The molecule has 0 atom stereocenters. The summed E-state index contributed by atoms with van der Waals surface area (Å²) in [6.45, 7) is 3.99. The summed E-state index contributed by atoms with van der Waals surface area (Å²) >= 11 is 3.47. The minimum absolute atomic E-state index is 0.157. The van der Waals surface area contributed by atoms with Crippen LogP contribution in [-0.2, 0) is 0 Å². The third-order valence-corrected chi connectivity index (χ3v) is 5.38. The van der Waals surface area contributed by atoms with Crippen LogP contribution in [0.3, 0.4) is 0 Å². The van der Waals surface area contributed by atoms with E-state index in [1.165, 1.54) is 11.1 Å². The molecule has 0 unspecified atom stereocenters. The van der Waals surface area contributed by atoms with E-state index in [4.69, 9.17) is 4.74 Å². The fraction of sp³-hybridized carbons (Fsp3) is 0.217. The Balaban J connectivity index is 1.53. The average Bonchev–Trinajstić information content (AvgIpc) is 2.64. The highest BCUT2D eigenvalue weighted by atomic mass is 79.9. The lowest BCUT2D eigenvalue weighted by atomic mass is 9.88. The number of benzene rings is 3. The maximum Gasteiger partial charge on any atom is 0.131 e. The quantitative estimate of drug-likeness (QED) is 0.538. The number of rotatable bonds is 5. The zero-order valence-corrected chi connectivity index (χ0v) is 16.4. The van der Waals surface area contributed by atoms with Gasteiger partial charge in [-0.15, -0.1) is 0 Å². The van der Waals surface area contributed by atoms with Crippen LogP contribution in [0.15, 0.2) is 89.4 Å². The van der Waals surface area contributed by atoms with Gasteiger partial charge in [-0.05, 0) is 42.3 Å². The van der Waals surface area contributed by atoms with Gasteiger partial charge in [-0.1, -0.05) is 76.6 Å². The standard InChI is InChI=1S/C23H22BrNO/c1-23(26-21-14-12-20(24)13-15-21)16-25(17-23)22(18-8-4-2-5-9-18)19-10-6-3-7-11-19/h2-15,22H,16-17H2,1H3. The Labute approximate surface area is 163 Å². The molecule has 3 aromatic carbocycles. The first-order valence-corrected chi connectivity index (χ1v) is 9.71. The summed E-state index contributed by atoms with van der Waals surface area (Å²) in [6, 6.07) is 29.8. The van der Waals surface area contributed by atoms with Crippen molar-refractivity contribution in [2.75, 3.05) is 13.1 Å². The summed E-state index contributed by atoms with van der Waals surface area (Å²) in [6.07, 6.45) is 0. The SMILES string of the molecule is CC1(Oc2ccc(Br)cc2)CN(C(c2ccccc2)c2ccccc2)C1. The van der Waals surface area contributed by atoms with E-state index in [0.717, 1.165) is 23.3 Å². The maximum atomic E-state index is 6.28. The van der Waals surface area contributed by atoms with E-state index in [1.807, 2.05) is 24.3 Å². The summed E-state index contributed by atoms with van der Waals surface area (Å²) in [5.74, 6) is 0.923. The molecule has 0 amide bonds. The monoisotopic (exact) mass is 407 g/mol. The van der Waals surface area contributed by atoms with Crippen LogP contribution in [0, 0.1) is 0 Å². The van der Waals surface area contributed by atoms with Crippen molar-refractivity contribution >= 4 is 15.9 Å². The summed E-state index contributed by atoms with van der Waals surface area (Å²) in [4.78, 5) is 2.49. The van der Waals surface area contributed by atoms with E-state index in [2.05, 4.69) is 88.4 Å². The Morgan fingerprint density at radius 3 is 1.81 bits per heavy atom. The largest absolute Gasteiger partial charge is 0.485 e. The van der Waals surface area contributed by atoms with Gasteiger partial charge >= 0.3 is 0 Å². The molecule has 0 bridgehead atoms. The Morgan fingerprint density at radius 1 is 0.808 bits per heavy atom. The molecule has 3 aromatic rings. The first kappa shape index (κ1) is 17.3. The lowest BCUT2D eigenvalue weighted by Crippen LogP contribution is -2.63. The number of likely N-dealkylation sites (tertiary alicyclic amines) is 1. The lowest BCUT2D eigenvalue weighted by Gasteiger charge is -2.51. The molecule has 2 nitrogen and oxygen atoms in total. The summed E-state index contributed by atoms with van der Waals surface area (Å²) in [5, 5.41) is 0. The highest BCUT2D eigenvalue weighted by molar-refractivity contribution is 9.10. The number of halogens is 1. The third-order valence-electron chi connectivity index (χ3n) is 4.85. The molecular formula is C23H22BrNO. The van der Waals surface area contributed by atoms with Crippen LogP contribution in [0.2, 0.25) is 0 Å². The van der Waals surface area contributed by atoms with Crippen LogP contribution in [0.5, 0.6) is 5.75 Å². The topological polar surface area (TPSA) is 12.5 Å². The van der Waals surface area contributed by atoms with E-state index < -0.39 is 0 Å². The molecule has 1 saturated heterocycles. The molecule has 3 heteroatoms. The molecule has 0 aromatic heterocycles. The zero-order chi connectivity index (χ0) is 18.0. The molecule has 1 fully saturated rings. The molecule has 0 spiro atoms. The molecular weight excluding hydrogens is 386 g/mol. The molecule has 1 heterocycles. The van der Waals surface area contributed by atoms with Crippen LogP contribution >= 0.6 is 15.9 Å². The van der Waals surface area contributed by atoms with Gasteiger partial charge in [-0.2, -0.15) is 0 Å². The van der Waals surface area contributed by atoms with Crippen molar-refractivity contribution in [2.45, 2.75) is 18.6 Å². The van der Waals surface area contributed by atoms with Crippen LogP contribution in [-0.4, -0.2) is 23.6 Å². The first-order chi connectivity index (χ1) is 12.6. The molecule has 1 aliphatic rings. The predicted octanol–water partition coefficient (Wildman–Crippen LogP) is 5.69. The molecule has 0 radical (unpaired) electrons. The van der Waals surface area contributed by atoms with Gasteiger partial charge < -0.3 is 4.74 Å². The van der Waals surface area contributed by atoms with E-state index >= 15 is 0 Å². The average molecular weight is 408 g/mol. The number of ether oxygens (including phenoxy) is 1. The Hall–Kier alpha value is -2.10. The van der Waals surface area contributed by atoms with Crippen molar-refractivity contribution in [1.82, 2.24) is 4.90 Å². The smallest absolute Gasteiger partial charge is 0.131 e. The van der Waals surface area contributed by atoms with Crippen LogP contribution < -0.4 is 4.74 Å². The summed E-state index contributed by atoms with van der Waals surface area (Å²) in [5.41, 5.74) is 2.49. The van der Waals surface area contributed by atoms with Crippen molar-refractivity contribution in [3.05, 3.63) is 101 Å². The number of hydrogen-bond acceptors (Lipinski definition) is 2.